The summed E-state index contributed by atoms with van der Waals surface area (Å²) in [6.07, 6.45) is 0. The lowest BCUT2D eigenvalue weighted by atomic mass is 10.3. The van der Waals surface area contributed by atoms with Gasteiger partial charge < -0.3 is 10.1 Å². The molecule has 20 heavy (non-hydrogen) atoms. The van der Waals surface area contributed by atoms with Crippen LogP contribution in [0.5, 0.6) is 0 Å². The maximum atomic E-state index is 11.4. The van der Waals surface area contributed by atoms with Gasteiger partial charge >= 0.3 is 5.97 Å². The van der Waals surface area contributed by atoms with Crippen LogP contribution in [-0.2, 0) is 14.3 Å². The first kappa shape index (κ1) is 16.3. The molecule has 0 radical (unpaired) electrons. The Bertz CT molecular complexity index is 532. The molecule has 1 amide bonds. The molecule has 0 heterocycles. The molecule has 0 saturated heterocycles. The fraction of sp³-hybridized carbons (Fsp3) is 0.385. The van der Waals surface area contributed by atoms with Gasteiger partial charge in [0.2, 0.25) is 5.91 Å². The van der Waals surface area contributed by atoms with Crippen LogP contribution in [-0.4, -0.2) is 24.5 Å². The third-order valence-corrected chi connectivity index (χ3v) is 2.87. The normalized spacial score (nSPS) is 12.2. The van der Waals surface area contributed by atoms with E-state index in [1.54, 1.807) is 32.0 Å². The molecule has 0 spiro atoms. The van der Waals surface area contributed by atoms with Gasteiger partial charge in [0.25, 0.3) is 0 Å². The van der Waals surface area contributed by atoms with E-state index in [4.69, 9.17) is 4.74 Å². The highest BCUT2D eigenvalue weighted by Crippen LogP contribution is 2.29. The van der Waals surface area contributed by atoms with Gasteiger partial charge in [0.15, 0.2) is 6.04 Å². The standard InChI is InChI=1S/C13H16BrN3O3/c1-4-20-13(19)8(2)16-17-12-6-5-10(7-11(12)14)15-9(3)18/h5-8H,4H2,1-3H3,(H,15,18). The topological polar surface area (TPSA) is 80.1 Å². The molecule has 0 aromatic heterocycles. The van der Waals surface area contributed by atoms with Crippen LogP contribution in [0.1, 0.15) is 20.8 Å². The van der Waals surface area contributed by atoms with Crippen molar-refractivity contribution >= 4 is 39.2 Å². The van der Waals surface area contributed by atoms with Gasteiger partial charge in [-0.15, -0.1) is 0 Å². The molecule has 0 aliphatic rings. The number of rotatable bonds is 5. The summed E-state index contributed by atoms with van der Waals surface area (Å²) in [5, 5.41) is 10.5. The Morgan fingerprint density at radius 1 is 1.45 bits per heavy atom. The molecule has 0 aliphatic carbocycles. The summed E-state index contributed by atoms with van der Waals surface area (Å²) < 4.78 is 5.50. The summed E-state index contributed by atoms with van der Waals surface area (Å²) in [6, 6.07) is 4.45. The van der Waals surface area contributed by atoms with Crippen LogP contribution in [0, 0.1) is 0 Å². The Balaban J connectivity index is 2.77. The van der Waals surface area contributed by atoms with Gasteiger partial charge in [0.05, 0.1) is 12.3 Å². The van der Waals surface area contributed by atoms with Crippen LogP contribution in [0.2, 0.25) is 0 Å². The molecule has 108 valence electrons. The second kappa shape index (κ2) is 7.74. The number of carbonyl (C=O) groups excluding carboxylic acids is 2. The smallest absolute Gasteiger partial charge is 0.332 e. The highest BCUT2D eigenvalue weighted by atomic mass is 79.9. The molecule has 6 nitrogen and oxygen atoms in total. The Morgan fingerprint density at radius 2 is 2.15 bits per heavy atom. The lowest BCUT2D eigenvalue weighted by Gasteiger charge is -2.06. The molecule has 7 heteroatoms. The molecule has 0 bridgehead atoms. The number of carbonyl (C=O) groups is 2. The molecule has 0 fully saturated rings. The number of hydrogen-bond donors (Lipinski definition) is 1. The number of benzene rings is 1. The van der Waals surface area contributed by atoms with Crippen molar-refractivity contribution in [1.82, 2.24) is 0 Å². The monoisotopic (exact) mass is 341 g/mol. The Kier molecular flexibility index (Phi) is 6.30. The van der Waals surface area contributed by atoms with Crippen molar-refractivity contribution in [2.24, 2.45) is 10.2 Å². The molecular weight excluding hydrogens is 326 g/mol. The molecule has 1 aromatic carbocycles. The fourth-order valence-corrected chi connectivity index (χ4v) is 1.79. The first-order chi connectivity index (χ1) is 9.43. The summed E-state index contributed by atoms with van der Waals surface area (Å²) >= 11 is 3.33. The second-order valence-electron chi connectivity index (χ2n) is 3.99. The van der Waals surface area contributed by atoms with Gasteiger partial charge in [0, 0.05) is 17.1 Å². The van der Waals surface area contributed by atoms with Gasteiger partial charge in [0.1, 0.15) is 0 Å². The lowest BCUT2D eigenvalue weighted by molar-refractivity contribution is -0.144. The van der Waals surface area contributed by atoms with Crippen molar-refractivity contribution in [2.45, 2.75) is 26.8 Å². The molecule has 1 atom stereocenters. The van der Waals surface area contributed by atoms with Gasteiger partial charge in [-0.25, -0.2) is 4.79 Å². The molecule has 0 aliphatic heterocycles. The Hall–Kier alpha value is -1.76. The number of ether oxygens (including phenoxy) is 1. The van der Waals surface area contributed by atoms with E-state index < -0.39 is 12.0 Å². The zero-order chi connectivity index (χ0) is 15.1. The summed E-state index contributed by atoms with van der Waals surface area (Å²) in [6.45, 7) is 5.09. The molecule has 1 N–H and O–H groups in total. The van der Waals surface area contributed by atoms with Gasteiger partial charge in [-0.3, -0.25) is 4.79 Å². The average molecular weight is 342 g/mol. The van der Waals surface area contributed by atoms with Crippen molar-refractivity contribution in [3.63, 3.8) is 0 Å². The predicted octanol–water partition coefficient (Wildman–Crippen LogP) is 3.44. The van der Waals surface area contributed by atoms with Crippen LogP contribution in [0.25, 0.3) is 0 Å². The maximum absolute atomic E-state index is 11.4. The molecule has 1 unspecified atom stereocenters. The van der Waals surface area contributed by atoms with E-state index in [0.717, 1.165) is 0 Å². The van der Waals surface area contributed by atoms with Crippen molar-refractivity contribution in [3.8, 4) is 0 Å². The minimum absolute atomic E-state index is 0.151. The van der Waals surface area contributed by atoms with Crippen molar-refractivity contribution in [2.75, 3.05) is 11.9 Å². The Morgan fingerprint density at radius 3 is 2.70 bits per heavy atom. The van der Waals surface area contributed by atoms with E-state index in [1.807, 2.05) is 0 Å². The number of nitrogens with zero attached hydrogens (tertiary/aromatic N) is 2. The van der Waals surface area contributed by atoms with E-state index in [-0.39, 0.29) is 5.91 Å². The third kappa shape index (κ3) is 5.08. The van der Waals surface area contributed by atoms with Crippen LogP contribution in [0.4, 0.5) is 11.4 Å². The SMILES string of the molecule is CCOC(=O)C(C)N=Nc1ccc(NC(C)=O)cc1Br. The Labute approximate surface area is 125 Å². The number of nitrogens with one attached hydrogen (secondary N) is 1. The molecule has 1 rings (SSSR count). The predicted molar refractivity (Wildman–Crippen MR) is 79.1 cm³/mol. The second-order valence-corrected chi connectivity index (χ2v) is 4.85. The minimum Gasteiger partial charge on any atom is -0.464 e. The van der Waals surface area contributed by atoms with Crippen molar-refractivity contribution < 1.29 is 14.3 Å². The quantitative estimate of drug-likeness (QED) is 0.657. The van der Waals surface area contributed by atoms with Crippen molar-refractivity contribution in [1.29, 1.82) is 0 Å². The van der Waals surface area contributed by atoms with Crippen LogP contribution >= 0.6 is 15.9 Å². The van der Waals surface area contributed by atoms with E-state index in [9.17, 15) is 9.59 Å². The zero-order valence-electron chi connectivity index (χ0n) is 11.5. The largest absolute Gasteiger partial charge is 0.464 e. The summed E-state index contributed by atoms with van der Waals surface area (Å²) in [5.41, 5.74) is 1.22. The molecule has 1 aromatic rings. The lowest BCUT2D eigenvalue weighted by Crippen LogP contribution is -2.17. The highest BCUT2D eigenvalue weighted by Gasteiger charge is 2.12. The van der Waals surface area contributed by atoms with Crippen molar-refractivity contribution in [3.05, 3.63) is 22.7 Å². The summed E-state index contributed by atoms with van der Waals surface area (Å²) in [4.78, 5) is 22.3. The number of anilines is 1. The molecular formula is C13H16BrN3O3. The molecule has 0 saturated carbocycles. The summed E-state index contributed by atoms with van der Waals surface area (Å²) in [7, 11) is 0. The van der Waals surface area contributed by atoms with Gasteiger partial charge in [-0.05, 0) is 48.0 Å². The van der Waals surface area contributed by atoms with E-state index in [1.165, 1.54) is 6.92 Å². The van der Waals surface area contributed by atoms with Crippen LogP contribution < -0.4 is 5.32 Å². The van der Waals surface area contributed by atoms with Gasteiger partial charge in [-0.2, -0.15) is 10.2 Å². The minimum atomic E-state index is -0.656. The van der Waals surface area contributed by atoms with E-state index in [0.29, 0.717) is 22.5 Å². The number of hydrogen-bond acceptors (Lipinski definition) is 5. The number of halogens is 1. The number of esters is 1. The van der Waals surface area contributed by atoms with E-state index >= 15 is 0 Å². The highest BCUT2D eigenvalue weighted by molar-refractivity contribution is 9.10. The van der Waals surface area contributed by atoms with E-state index in [2.05, 4.69) is 31.5 Å². The number of azo groups is 1. The van der Waals surface area contributed by atoms with Gasteiger partial charge in [-0.1, -0.05) is 0 Å². The fourth-order valence-electron chi connectivity index (χ4n) is 1.33. The first-order valence-electron chi connectivity index (χ1n) is 6.08. The maximum Gasteiger partial charge on any atom is 0.332 e. The summed E-state index contributed by atoms with van der Waals surface area (Å²) in [5.74, 6) is -0.565. The van der Waals surface area contributed by atoms with Crippen LogP contribution in [0.15, 0.2) is 32.9 Å². The average Bonchev–Trinajstić information content (AvgIpc) is 2.37. The van der Waals surface area contributed by atoms with Crippen LogP contribution in [0.3, 0.4) is 0 Å². The third-order valence-electron chi connectivity index (χ3n) is 2.23. The zero-order valence-corrected chi connectivity index (χ0v) is 13.1. The number of amides is 1. The first-order valence-corrected chi connectivity index (χ1v) is 6.88.